The van der Waals surface area contributed by atoms with Crippen molar-refractivity contribution in [1.29, 1.82) is 0 Å². The Hall–Kier alpha value is -1.40. The lowest BCUT2D eigenvalue weighted by atomic mass is 9.94. The highest BCUT2D eigenvalue weighted by Gasteiger charge is 2.53. The summed E-state index contributed by atoms with van der Waals surface area (Å²) in [4.78, 5) is 15.8. The summed E-state index contributed by atoms with van der Waals surface area (Å²) in [7, 11) is 0. The number of alkyl halides is 1. The van der Waals surface area contributed by atoms with Crippen molar-refractivity contribution in [3.05, 3.63) is 12.7 Å². The number of aliphatic hydroxyl groups excluding tert-OH is 1. The smallest absolute Gasteiger partial charge is 0.165 e. The lowest BCUT2D eigenvalue weighted by molar-refractivity contribution is 0.185. The SMILES string of the molecule is CCN(CC)c1ncnc2c1ncn2[C@H]1C[C@H]2[C@H](CO)[C@@H]1C[C@@H]2Cl. The number of nitrogens with zero attached hydrogens (tertiary/aromatic N) is 5. The highest BCUT2D eigenvalue weighted by molar-refractivity contribution is 6.21. The van der Waals surface area contributed by atoms with Crippen molar-refractivity contribution in [2.24, 2.45) is 17.8 Å². The van der Waals surface area contributed by atoms with E-state index in [4.69, 9.17) is 11.6 Å². The summed E-state index contributed by atoms with van der Waals surface area (Å²) in [5.41, 5.74) is 1.76. The average Bonchev–Trinajstić information content (AvgIpc) is 3.25. The van der Waals surface area contributed by atoms with Crippen molar-refractivity contribution in [1.82, 2.24) is 19.5 Å². The van der Waals surface area contributed by atoms with E-state index < -0.39 is 0 Å². The quantitative estimate of drug-likeness (QED) is 0.840. The molecule has 0 radical (unpaired) electrons. The van der Waals surface area contributed by atoms with Crippen molar-refractivity contribution < 1.29 is 5.11 Å². The third-order valence-electron chi connectivity index (χ3n) is 6.04. The van der Waals surface area contributed by atoms with Crippen LogP contribution in [0.15, 0.2) is 12.7 Å². The second-order valence-electron chi connectivity index (χ2n) is 6.92. The average molecular weight is 350 g/mol. The maximum atomic E-state index is 9.76. The zero-order chi connectivity index (χ0) is 16.8. The number of aromatic nitrogens is 4. The van der Waals surface area contributed by atoms with Crippen molar-refractivity contribution in [3.8, 4) is 0 Å². The highest BCUT2D eigenvalue weighted by Crippen LogP contribution is 2.56. The fourth-order valence-electron chi connectivity index (χ4n) is 4.84. The molecule has 1 N–H and O–H groups in total. The van der Waals surface area contributed by atoms with Gasteiger partial charge in [-0.1, -0.05) is 0 Å². The first-order valence-electron chi connectivity index (χ1n) is 8.86. The van der Waals surface area contributed by atoms with Crippen LogP contribution in [0.4, 0.5) is 5.82 Å². The molecular formula is C17H24ClN5O. The molecule has 2 aromatic heterocycles. The molecule has 0 aromatic carbocycles. The van der Waals surface area contributed by atoms with Gasteiger partial charge in [0.1, 0.15) is 6.33 Å². The molecule has 0 aliphatic heterocycles. The molecule has 6 nitrogen and oxygen atoms in total. The number of halogens is 1. The topological polar surface area (TPSA) is 67.1 Å². The Kier molecular flexibility index (Phi) is 4.12. The molecule has 2 aliphatic carbocycles. The van der Waals surface area contributed by atoms with Crippen LogP contribution in [0.2, 0.25) is 0 Å². The van der Waals surface area contributed by atoms with Gasteiger partial charge in [-0.3, -0.25) is 0 Å². The number of aliphatic hydroxyl groups is 1. The third kappa shape index (κ3) is 2.23. The zero-order valence-electron chi connectivity index (χ0n) is 14.1. The molecule has 2 heterocycles. The summed E-state index contributed by atoms with van der Waals surface area (Å²) in [6, 6.07) is 0.326. The monoisotopic (exact) mass is 349 g/mol. The predicted octanol–water partition coefficient (Wildman–Crippen LogP) is 2.47. The van der Waals surface area contributed by atoms with Crippen LogP contribution >= 0.6 is 11.6 Å². The van der Waals surface area contributed by atoms with E-state index in [0.717, 1.165) is 42.9 Å². The van der Waals surface area contributed by atoms with Crippen LogP contribution in [0.5, 0.6) is 0 Å². The molecule has 0 amide bonds. The van der Waals surface area contributed by atoms with Crippen LogP contribution in [0, 0.1) is 17.8 Å². The predicted molar refractivity (Wildman–Crippen MR) is 94.4 cm³/mol. The first-order valence-corrected chi connectivity index (χ1v) is 9.30. The van der Waals surface area contributed by atoms with E-state index in [1.807, 2.05) is 6.33 Å². The second kappa shape index (κ2) is 6.15. The van der Waals surface area contributed by atoms with Crippen molar-refractivity contribution in [2.75, 3.05) is 24.6 Å². The van der Waals surface area contributed by atoms with E-state index in [1.165, 1.54) is 0 Å². The van der Waals surface area contributed by atoms with Crippen molar-refractivity contribution in [2.45, 2.75) is 38.1 Å². The maximum Gasteiger partial charge on any atom is 0.165 e. The van der Waals surface area contributed by atoms with Gasteiger partial charge in [0.15, 0.2) is 17.0 Å². The molecular weight excluding hydrogens is 326 g/mol. The van der Waals surface area contributed by atoms with Gasteiger partial charge in [-0.2, -0.15) is 0 Å². The van der Waals surface area contributed by atoms with Gasteiger partial charge in [0.05, 0.1) is 6.33 Å². The van der Waals surface area contributed by atoms with Crippen LogP contribution in [0.25, 0.3) is 11.2 Å². The minimum absolute atomic E-state index is 0.194. The molecule has 4 rings (SSSR count). The van der Waals surface area contributed by atoms with Crippen LogP contribution in [0.3, 0.4) is 0 Å². The maximum absolute atomic E-state index is 9.76. The molecule has 2 bridgehead atoms. The Bertz CT molecular complexity index is 731. The van der Waals surface area contributed by atoms with E-state index in [-0.39, 0.29) is 12.0 Å². The molecule has 0 spiro atoms. The van der Waals surface area contributed by atoms with Crippen LogP contribution in [-0.2, 0) is 0 Å². The van der Waals surface area contributed by atoms with Gasteiger partial charge >= 0.3 is 0 Å². The Morgan fingerprint density at radius 1 is 1.21 bits per heavy atom. The molecule has 2 aromatic rings. The lowest BCUT2D eigenvalue weighted by Crippen LogP contribution is -2.24. The Labute approximate surface area is 146 Å². The van der Waals surface area contributed by atoms with Crippen LogP contribution in [0.1, 0.15) is 32.7 Å². The highest BCUT2D eigenvalue weighted by atomic mass is 35.5. The number of rotatable bonds is 5. The minimum atomic E-state index is 0.194. The summed E-state index contributed by atoms with van der Waals surface area (Å²) < 4.78 is 2.19. The van der Waals surface area contributed by atoms with Crippen molar-refractivity contribution >= 4 is 28.6 Å². The molecule has 2 saturated carbocycles. The molecule has 2 fully saturated rings. The normalized spacial score (nSPS) is 31.9. The Morgan fingerprint density at radius 2 is 2.00 bits per heavy atom. The van der Waals surface area contributed by atoms with Crippen molar-refractivity contribution in [3.63, 3.8) is 0 Å². The summed E-state index contributed by atoms with van der Waals surface area (Å²) in [6.07, 6.45) is 5.50. The number of anilines is 1. The molecule has 130 valence electrons. The molecule has 2 aliphatic rings. The van der Waals surface area contributed by atoms with Gasteiger partial charge in [-0.25, -0.2) is 15.0 Å². The molecule has 0 saturated heterocycles. The first-order chi connectivity index (χ1) is 11.7. The number of fused-ring (bicyclic) bond motifs is 3. The molecule has 5 atom stereocenters. The molecule has 7 heteroatoms. The number of imidazole rings is 1. The largest absolute Gasteiger partial charge is 0.396 e. The second-order valence-corrected chi connectivity index (χ2v) is 7.48. The van der Waals surface area contributed by atoms with E-state index in [2.05, 4.69) is 38.3 Å². The minimum Gasteiger partial charge on any atom is -0.396 e. The molecule has 24 heavy (non-hydrogen) atoms. The molecule has 0 unspecified atom stereocenters. The first kappa shape index (κ1) is 16.1. The standard InChI is InChI=1S/C17H24ClN5O/c1-3-22(4-2)16-15-17(20-8-19-16)23(9-21-15)14-6-10-12(7-24)11(14)5-13(10)18/h8-14,24H,3-7H2,1-2H3/t10-,11-,12-,13-,14-/m0/s1. The van der Waals surface area contributed by atoms with Gasteiger partial charge in [-0.05, 0) is 44.4 Å². The summed E-state index contributed by atoms with van der Waals surface area (Å²) in [5, 5.41) is 9.95. The number of hydrogen-bond acceptors (Lipinski definition) is 5. The zero-order valence-corrected chi connectivity index (χ0v) is 14.9. The van der Waals surface area contributed by atoms with E-state index in [9.17, 15) is 5.11 Å². The Balaban J connectivity index is 1.73. The van der Waals surface area contributed by atoms with Gasteiger partial charge in [0.25, 0.3) is 0 Å². The van der Waals surface area contributed by atoms with E-state index >= 15 is 0 Å². The van der Waals surface area contributed by atoms with Crippen LogP contribution < -0.4 is 4.90 Å². The van der Waals surface area contributed by atoms with E-state index in [0.29, 0.717) is 23.8 Å². The summed E-state index contributed by atoms with van der Waals surface area (Å²) in [5.74, 6) is 2.01. The Morgan fingerprint density at radius 3 is 2.67 bits per heavy atom. The van der Waals surface area contributed by atoms with Gasteiger partial charge in [0.2, 0.25) is 0 Å². The fourth-order valence-corrected chi connectivity index (χ4v) is 5.34. The summed E-state index contributed by atoms with van der Waals surface area (Å²) in [6.45, 7) is 6.25. The van der Waals surface area contributed by atoms with Gasteiger partial charge < -0.3 is 14.6 Å². The van der Waals surface area contributed by atoms with Crippen LogP contribution in [-0.4, -0.2) is 49.7 Å². The lowest BCUT2D eigenvalue weighted by Gasteiger charge is -2.26. The fraction of sp³-hybridized carbons (Fsp3) is 0.706. The summed E-state index contributed by atoms with van der Waals surface area (Å²) >= 11 is 6.46. The number of hydrogen-bond donors (Lipinski definition) is 1. The van der Waals surface area contributed by atoms with Gasteiger partial charge in [0, 0.05) is 31.1 Å². The third-order valence-corrected chi connectivity index (χ3v) is 6.54. The van der Waals surface area contributed by atoms with E-state index in [1.54, 1.807) is 6.33 Å². The van der Waals surface area contributed by atoms with Gasteiger partial charge in [-0.15, -0.1) is 11.6 Å².